The lowest BCUT2D eigenvalue weighted by atomic mass is 10.2. The summed E-state index contributed by atoms with van der Waals surface area (Å²) in [6.07, 6.45) is 0. The normalized spacial score (nSPS) is 18.1. The second-order valence-electron chi connectivity index (χ2n) is 9.29. The first kappa shape index (κ1) is 17.8. The van der Waals surface area contributed by atoms with Crippen molar-refractivity contribution in [2.45, 2.75) is 26.2 Å². The van der Waals surface area contributed by atoms with Crippen LogP contribution in [0.1, 0.15) is 0 Å². The van der Waals surface area contributed by atoms with E-state index < -0.39 is 16.1 Å². The summed E-state index contributed by atoms with van der Waals surface area (Å²) in [5.41, 5.74) is 5.61. The van der Waals surface area contributed by atoms with Gasteiger partial charge in [-0.1, -0.05) is 62.6 Å². The molecule has 2 aliphatic heterocycles. The maximum absolute atomic E-state index is 2.54. The van der Waals surface area contributed by atoms with Crippen molar-refractivity contribution in [3.05, 3.63) is 60.7 Å². The number of benzene rings is 3. The van der Waals surface area contributed by atoms with Gasteiger partial charge in [0.25, 0.3) is 0 Å². The molecule has 0 N–H and O–H groups in total. The van der Waals surface area contributed by atoms with Gasteiger partial charge in [-0.15, -0.1) is 0 Å². The molecule has 0 unspecified atom stereocenters. The predicted octanol–water partition coefficient (Wildman–Crippen LogP) is 3.49. The number of rotatable bonds is 0. The highest BCUT2D eigenvalue weighted by molar-refractivity contribution is 7.04. The van der Waals surface area contributed by atoms with Crippen LogP contribution in [0, 0.1) is 0 Å². The number of nitrogens with zero attached hydrogens (tertiary/aromatic N) is 2. The van der Waals surface area contributed by atoms with Crippen molar-refractivity contribution in [1.29, 1.82) is 0 Å². The lowest BCUT2D eigenvalue weighted by Crippen LogP contribution is -2.62. The Hall–Kier alpha value is -2.31. The third-order valence-electron chi connectivity index (χ3n) is 7.06. The molecular weight excluding hydrogens is 372 g/mol. The molecule has 3 aromatic rings. The summed E-state index contributed by atoms with van der Waals surface area (Å²) in [4.78, 5) is 4.85. The first-order valence-electron chi connectivity index (χ1n) is 10.1. The molecule has 0 bridgehead atoms. The van der Waals surface area contributed by atoms with Gasteiger partial charge in [0, 0.05) is 36.8 Å². The molecule has 142 valence electrons. The van der Waals surface area contributed by atoms with Crippen LogP contribution in [0.15, 0.2) is 60.7 Å². The third-order valence-corrected chi connectivity index (χ3v) is 14.1. The first-order chi connectivity index (χ1) is 13.2. The molecule has 0 radical (unpaired) electrons. The lowest BCUT2D eigenvalue weighted by molar-refractivity contribution is 1.19. The maximum atomic E-state index is 2.54. The molecule has 0 amide bonds. The van der Waals surface area contributed by atoms with Gasteiger partial charge >= 0.3 is 0 Å². The average Bonchev–Trinajstić information content (AvgIpc) is 2.70. The van der Waals surface area contributed by atoms with Crippen LogP contribution >= 0.6 is 0 Å². The summed E-state index contributed by atoms with van der Waals surface area (Å²) in [6.45, 7) is 10.0. The van der Waals surface area contributed by atoms with E-state index in [1.807, 2.05) is 0 Å². The van der Waals surface area contributed by atoms with Gasteiger partial charge < -0.3 is 9.80 Å². The van der Waals surface area contributed by atoms with E-state index in [0.717, 1.165) is 0 Å². The Morgan fingerprint density at radius 2 is 0.857 bits per heavy atom. The molecule has 0 saturated carbocycles. The fraction of sp³-hybridized carbons (Fsp3) is 0.250. The fourth-order valence-corrected chi connectivity index (χ4v) is 11.4. The quantitative estimate of drug-likeness (QED) is 0.533. The van der Waals surface area contributed by atoms with Crippen molar-refractivity contribution in [2.24, 2.45) is 0 Å². The fourth-order valence-electron chi connectivity index (χ4n) is 5.27. The van der Waals surface area contributed by atoms with E-state index in [9.17, 15) is 0 Å². The Labute approximate surface area is 170 Å². The van der Waals surface area contributed by atoms with Crippen LogP contribution in [0.4, 0.5) is 22.7 Å². The van der Waals surface area contributed by atoms with Crippen LogP contribution in [0.2, 0.25) is 26.2 Å². The molecule has 2 aliphatic rings. The number of para-hydroxylation sites is 2. The molecular formula is C24H28N2Si2. The molecule has 0 fully saturated rings. The molecule has 0 spiro atoms. The topological polar surface area (TPSA) is 6.48 Å². The summed E-state index contributed by atoms with van der Waals surface area (Å²) >= 11 is 0. The molecule has 2 nitrogen and oxygen atoms in total. The van der Waals surface area contributed by atoms with E-state index in [1.165, 1.54) is 22.7 Å². The van der Waals surface area contributed by atoms with Gasteiger partial charge in [0.1, 0.15) is 16.1 Å². The van der Waals surface area contributed by atoms with Crippen LogP contribution in [0.3, 0.4) is 0 Å². The Kier molecular flexibility index (Phi) is 3.56. The number of hydrogen-bond donors (Lipinski definition) is 0. The van der Waals surface area contributed by atoms with Gasteiger partial charge in [0.15, 0.2) is 0 Å². The van der Waals surface area contributed by atoms with Crippen molar-refractivity contribution in [3.8, 4) is 0 Å². The van der Waals surface area contributed by atoms with Gasteiger partial charge in [0.05, 0.1) is 0 Å². The predicted molar refractivity (Wildman–Crippen MR) is 129 cm³/mol. The van der Waals surface area contributed by atoms with E-state index in [4.69, 9.17) is 0 Å². The largest absolute Gasteiger partial charge is 0.345 e. The molecule has 4 heteroatoms. The van der Waals surface area contributed by atoms with Crippen LogP contribution in [-0.4, -0.2) is 30.2 Å². The highest BCUT2D eigenvalue weighted by Gasteiger charge is 2.42. The van der Waals surface area contributed by atoms with Crippen LogP contribution in [0.5, 0.6) is 0 Å². The first-order valence-corrected chi connectivity index (χ1v) is 16.1. The second kappa shape index (κ2) is 5.61. The van der Waals surface area contributed by atoms with E-state index in [1.54, 1.807) is 20.7 Å². The molecule has 28 heavy (non-hydrogen) atoms. The molecule has 0 saturated heterocycles. The number of fused-ring (bicyclic) bond motifs is 4. The van der Waals surface area contributed by atoms with Crippen molar-refractivity contribution in [2.75, 3.05) is 23.9 Å². The van der Waals surface area contributed by atoms with Gasteiger partial charge in [-0.2, -0.15) is 0 Å². The van der Waals surface area contributed by atoms with Crippen molar-refractivity contribution >= 4 is 59.6 Å². The number of anilines is 4. The zero-order chi connectivity index (χ0) is 19.8. The van der Waals surface area contributed by atoms with Crippen LogP contribution < -0.4 is 30.5 Å². The molecule has 2 heterocycles. The summed E-state index contributed by atoms with van der Waals surface area (Å²) in [6, 6.07) is 23.1. The van der Waals surface area contributed by atoms with E-state index >= 15 is 0 Å². The Morgan fingerprint density at radius 3 is 1.25 bits per heavy atom. The van der Waals surface area contributed by atoms with Crippen LogP contribution in [0.25, 0.3) is 0 Å². The standard InChI is InChI=1S/C24H28N2Si2/c1-25-17-11-7-9-13-21(17)27(3,4)23-16-20-24(15-19(23)25)28(5,6)22-14-10-8-12-18(22)26(20)2/h7-16H,1-6H3. The van der Waals surface area contributed by atoms with Gasteiger partial charge in [-0.05, 0) is 45.0 Å². The average molecular weight is 401 g/mol. The second-order valence-corrected chi connectivity index (χ2v) is 17.9. The van der Waals surface area contributed by atoms with Gasteiger partial charge in [-0.25, -0.2) is 0 Å². The minimum absolute atomic E-state index is 1.38. The van der Waals surface area contributed by atoms with Crippen molar-refractivity contribution in [1.82, 2.24) is 0 Å². The van der Waals surface area contributed by atoms with E-state index in [-0.39, 0.29) is 0 Å². The Balaban J connectivity index is 1.81. The minimum Gasteiger partial charge on any atom is -0.345 e. The van der Waals surface area contributed by atoms with E-state index in [2.05, 4.69) is 111 Å². The maximum Gasteiger partial charge on any atom is 0.117 e. The molecule has 0 aromatic heterocycles. The molecule has 0 atom stereocenters. The third kappa shape index (κ3) is 2.13. The summed E-state index contributed by atoms with van der Waals surface area (Å²) in [7, 11) is 0.971. The smallest absolute Gasteiger partial charge is 0.117 e. The van der Waals surface area contributed by atoms with E-state index in [0.29, 0.717) is 0 Å². The SMILES string of the molecule is CN1c2ccccc2[Si](C)(C)c2cc3c(cc21)[Si](C)(C)c1ccccc1N3C. The monoisotopic (exact) mass is 400 g/mol. The highest BCUT2D eigenvalue weighted by Crippen LogP contribution is 2.36. The summed E-state index contributed by atoms with van der Waals surface area (Å²) in [5.74, 6) is 0. The zero-order valence-corrected chi connectivity index (χ0v) is 19.7. The summed E-state index contributed by atoms with van der Waals surface area (Å²) in [5, 5.41) is 6.20. The molecule has 5 rings (SSSR count). The zero-order valence-electron chi connectivity index (χ0n) is 17.7. The van der Waals surface area contributed by atoms with Crippen molar-refractivity contribution in [3.63, 3.8) is 0 Å². The minimum atomic E-state index is -1.75. The van der Waals surface area contributed by atoms with Gasteiger partial charge in [-0.3, -0.25) is 0 Å². The Bertz CT molecular complexity index is 1030. The van der Waals surface area contributed by atoms with Gasteiger partial charge in [0.2, 0.25) is 0 Å². The summed E-state index contributed by atoms with van der Waals surface area (Å²) < 4.78 is 0. The lowest BCUT2D eigenvalue weighted by Gasteiger charge is -2.44. The Morgan fingerprint density at radius 1 is 0.500 bits per heavy atom. The highest BCUT2D eigenvalue weighted by atomic mass is 28.3. The van der Waals surface area contributed by atoms with Crippen LogP contribution in [-0.2, 0) is 0 Å². The molecule has 3 aromatic carbocycles. The van der Waals surface area contributed by atoms with Crippen molar-refractivity contribution < 1.29 is 0 Å². The molecule has 0 aliphatic carbocycles. The number of hydrogen-bond acceptors (Lipinski definition) is 2.